The summed E-state index contributed by atoms with van der Waals surface area (Å²) in [4.78, 5) is 0. The molecule has 0 saturated heterocycles. The lowest BCUT2D eigenvalue weighted by Gasteiger charge is -2.06. The predicted octanol–water partition coefficient (Wildman–Crippen LogP) is 4.89. The highest BCUT2D eigenvalue weighted by molar-refractivity contribution is 8.08. The molecule has 0 N–H and O–H groups in total. The number of halogens is 2. The molecule has 0 fully saturated rings. The van der Waals surface area contributed by atoms with E-state index in [1.54, 1.807) is 0 Å². The average Bonchev–Trinajstić information content (AvgIpc) is 2.31. The zero-order chi connectivity index (χ0) is 11.4. The van der Waals surface area contributed by atoms with Gasteiger partial charge in [-0.15, -0.1) is 0 Å². The van der Waals surface area contributed by atoms with Crippen LogP contribution in [0, 0.1) is 0 Å². The molecule has 82 valence electrons. The van der Waals surface area contributed by atoms with E-state index in [0.717, 1.165) is 16.8 Å². The summed E-state index contributed by atoms with van der Waals surface area (Å²) in [5.74, 6) is 1.59. The van der Waals surface area contributed by atoms with Gasteiger partial charge in [0.25, 0.3) is 0 Å². The van der Waals surface area contributed by atoms with E-state index in [0.29, 0.717) is 0 Å². The summed E-state index contributed by atoms with van der Waals surface area (Å²) in [5, 5.41) is 0.929. The molecule has 2 rings (SSSR count). The van der Waals surface area contributed by atoms with E-state index in [9.17, 15) is 0 Å². The van der Waals surface area contributed by atoms with Crippen molar-refractivity contribution >= 4 is 34.4 Å². The average molecular weight is 271 g/mol. The Hall–Kier alpha value is -0.750. The van der Waals surface area contributed by atoms with Gasteiger partial charge in [0.05, 0.1) is 0 Å². The molecule has 2 aromatic rings. The largest absolute Gasteiger partial charge is 0.457 e. The fourth-order valence-corrected chi connectivity index (χ4v) is 2.30. The van der Waals surface area contributed by atoms with Crippen LogP contribution in [0.1, 0.15) is 0 Å². The normalized spacial score (nSPS) is 10.4. The van der Waals surface area contributed by atoms with Crippen LogP contribution in [0.4, 0.5) is 0 Å². The Kier molecular flexibility index (Phi) is 4.06. The van der Waals surface area contributed by atoms with E-state index in [2.05, 4.69) is 0 Å². The molecule has 0 bridgehead atoms. The summed E-state index contributed by atoms with van der Waals surface area (Å²) in [7, 11) is 0. The summed E-state index contributed by atoms with van der Waals surface area (Å²) >= 11 is 11.6. The van der Waals surface area contributed by atoms with Gasteiger partial charge in [-0.3, -0.25) is 0 Å². The first-order chi connectivity index (χ1) is 7.75. The van der Waals surface area contributed by atoms with Crippen molar-refractivity contribution < 1.29 is 4.74 Å². The molecule has 0 spiro atoms. The van der Waals surface area contributed by atoms with E-state index < -0.39 is 6.63 Å². The molecular weight excluding hydrogens is 262 g/mol. The molecule has 0 unspecified atom stereocenters. The van der Waals surface area contributed by atoms with Crippen LogP contribution in [0.3, 0.4) is 0 Å². The van der Waals surface area contributed by atoms with Crippen LogP contribution in [0.2, 0.25) is 0 Å². The van der Waals surface area contributed by atoms with Crippen molar-refractivity contribution in [1.29, 1.82) is 0 Å². The summed E-state index contributed by atoms with van der Waals surface area (Å²) in [5.41, 5.74) is 0. The lowest BCUT2D eigenvalue weighted by molar-refractivity contribution is 0.483. The Labute approximate surface area is 105 Å². The molecule has 1 nitrogen and oxygen atoms in total. The Balaban J connectivity index is 2.11. The summed E-state index contributed by atoms with van der Waals surface area (Å²) in [6.45, 7) is -1.08. The third-order valence-electron chi connectivity index (χ3n) is 2.01. The highest BCUT2D eigenvalue weighted by atomic mass is 35.9. The van der Waals surface area contributed by atoms with Crippen molar-refractivity contribution in [2.45, 2.75) is 0 Å². The number of hydrogen-bond acceptors (Lipinski definition) is 1. The van der Waals surface area contributed by atoms with Crippen LogP contribution < -0.4 is 10.0 Å². The van der Waals surface area contributed by atoms with E-state index in [1.165, 1.54) is 0 Å². The first-order valence-corrected chi connectivity index (χ1v) is 7.85. The van der Waals surface area contributed by atoms with Crippen molar-refractivity contribution in [2.75, 3.05) is 0 Å². The van der Waals surface area contributed by atoms with Crippen LogP contribution >= 0.6 is 29.1 Å². The molecule has 0 aliphatic heterocycles. The number of ether oxygens (including phenoxy) is 1. The highest BCUT2D eigenvalue weighted by Crippen LogP contribution is 2.45. The van der Waals surface area contributed by atoms with Gasteiger partial charge in [-0.05, 0) is 36.4 Å². The maximum atomic E-state index is 5.81. The van der Waals surface area contributed by atoms with Crippen LogP contribution in [-0.4, -0.2) is 0 Å². The van der Waals surface area contributed by atoms with Crippen molar-refractivity contribution in [3.8, 4) is 11.5 Å². The second kappa shape index (κ2) is 5.54. The van der Waals surface area contributed by atoms with Crippen molar-refractivity contribution in [2.24, 2.45) is 0 Å². The van der Waals surface area contributed by atoms with E-state index in [1.807, 2.05) is 54.6 Å². The lowest BCUT2D eigenvalue weighted by Crippen LogP contribution is -1.93. The van der Waals surface area contributed by atoms with Gasteiger partial charge < -0.3 is 4.74 Å². The molecule has 0 amide bonds. The van der Waals surface area contributed by atoms with Gasteiger partial charge in [0, 0.05) is 5.30 Å². The zero-order valence-electron chi connectivity index (χ0n) is 8.31. The zero-order valence-corrected chi connectivity index (χ0v) is 10.7. The molecular formula is C12H9Cl2OP. The Morgan fingerprint density at radius 2 is 1.31 bits per heavy atom. The maximum absolute atomic E-state index is 5.81. The molecule has 0 aromatic heterocycles. The van der Waals surface area contributed by atoms with Crippen LogP contribution in [-0.2, 0) is 0 Å². The summed E-state index contributed by atoms with van der Waals surface area (Å²) in [6, 6.07) is 17.1. The van der Waals surface area contributed by atoms with Crippen molar-refractivity contribution in [1.82, 2.24) is 0 Å². The van der Waals surface area contributed by atoms with Gasteiger partial charge in [-0.2, -0.15) is 0 Å². The minimum atomic E-state index is -1.08. The van der Waals surface area contributed by atoms with Gasteiger partial charge in [0.15, 0.2) is 0 Å². The second-order valence-corrected chi connectivity index (χ2v) is 6.67. The number of hydrogen-bond donors (Lipinski definition) is 0. The second-order valence-electron chi connectivity index (χ2n) is 3.14. The third-order valence-corrected chi connectivity index (χ3v) is 3.87. The van der Waals surface area contributed by atoms with Gasteiger partial charge in [-0.1, -0.05) is 40.7 Å². The predicted molar refractivity (Wildman–Crippen MR) is 71.2 cm³/mol. The quantitative estimate of drug-likeness (QED) is 0.722. The van der Waals surface area contributed by atoms with Crippen LogP contribution in [0.25, 0.3) is 0 Å². The van der Waals surface area contributed by atoms with Crippen molar-refractivity contribution in [3.05, 3.63) is 54.6 Å². The van der Waals surface area contributed by atoms with Crippen LogP contribution in [0.15, 0.2) is 54.6 Å². The number of para-hydroxylation sites is 1. The smallest absolute Gasteiger partial charge is 0.127 e. The minimum Gasteiger partial charge on any atom is -0.457 e. The molecule has 2 aromatic carbocycles. The molecule has 0 saturated carbocycles. The molecule has 0 heterocycles. The monoisotopic (exact) mass is 270 g/mol. The Bertz CT molecular complexity index is 442. The van der Waals surface area contributed by atoms with Gasteiger partial charge >= 0.3 is 0 Å². The lowest BCUT2D eigenvalue weighted by atomic mass is 10.3. The maximum Gasteiger partial charge on any atom is 0.127 e. The van der Waals surface area contributed by atoms with E-state index >= 15 is 0 Å². The van der Waals surface area contributed by atoms with Crippen LogP contribution in [0.5, 0.6) is 11.5 Å². The fraction of sp³-hybridized carbons (Fsp3) is 0. The van der Waals surface area contributed by atoms with Gasteiger partial charge in [0.2, 0.25) is 0 Å². The topological polar surface area (TPSA) is 9.23 Å². The van der Waals surface area contributed by atoms with Gasteiger partial charge in [0.1, 0.15) is 18.1 Å². The van der Waals surface area contributed by atoms with E-state index in [-0.39, 0.29) is 0 Å². The minimum absolute atomic E-state index is 0.778. The molecule has 16 heavy (non-hydrogen) atoms. The fourth-order valence-electron chi connectivity index (χ4n) is 1.25. The molecule has 0 radical (unpaired) electrons. The Morgan fingerprint density at radius 1 is 0.750 bits per heavy atom. The number of rotatable bonds is 3. The third kappa shape index (κ3) is 3.12. The molecule has 0 aliphatic carbocycles. The first-order valence-electron chi connectivity index (χ1n) is 4.70. The Morgan fingerprint density at radius 3 is 1.88 bits per heavy atom. The molecule has 4 heteroatoms. The van der Waals surface area contributed by atoms with Gasteiger partial charge in [-0.25, -0.2) is 0 Å². The standard InChI is InChI=1S/C12H9Cl2OP/c13-16(14)12-8-6-11(7-9-12)15-10-4-2-1-3-5-10/h1-9H. The SMILES string of the molecule is ClP(Cl)c1ccc(Oc2ccccc2)cc1. The van der Waals surface area contributed by atoms with Crippen molar-refractivity contribution in [3.63, 3.8) is 0 Å². The van der Waals surface area contributed by atoms with E-state index in [4.69, 9.17) is 27.2 Å². The molecule has 0 aliphatic rings. The summed E-state index contributed by atoms with van der Waals surface area (Å²) in [6.07, 6.45) is 0. The number of benzene rings is 2. The highest BCUT2D eigenvalue weighted by Gasteiger charge is 2.03. The first kappa shape index (κ1) is 11.7. The summed E-state index contributed by atoms with van der Waals surface area (Å²) < 4.78 is 5.63. The molecule has 0 atom stereocenters.